The smallest absolute Gasteiger partial charge is 0.308 e. The molecule has 2 rings (SSSR count). The number of benzene rings is 1. The van der Waals surface area contributed by atoms with Gasteiger partial charge in [-0.05, 0) is 25.0 Å². The third-order valence-electron chi connectivity index (χ3n) is 3.44. The zero-order valence-corrected chi connectivity index (χ0v) is 11.0. The van der Waals surface area contributed by atoms with Crippen LogP contribution in [0.5, 0.6) is 0 Å². The van der Waals surface area contributed by atoms with Crippen molar-refractivity contribution in [3.8, 4) is 0 Å². The number of carboxylic acid groups (broad SMARTS) is 1. The average molecular weight is 296 g/mol. The molecule has 0 bridgehead atoms. The molecule has 7 nitrogen and oxygen atoms in total. The Balaban J connectivity index is 2.29. The minimum atomic E-state index is -1.01. The van der Waals surface area contributed by atoms with Gasteiger partial charge in [-0.3, -0.25) is 19.7 Å². The lowest BCUT2D eigenvalue weighted by atomic mass is 9.97. The van der Waals surface area contributed by atoms with Crippen molar-refractivity contribution >= 4 is 17.6 Å². The van der Waals surface area contributed by atoms with E-state index in [-0.39, 0.29) is 12.1 Å². The number of aliphatic carboxylic acids is 1. The van der Waals surface area contributed by atoms with Gasteiger partial charge in [-0.25, -0.2) is 4.39 Å². The number of hydrogen-bond donors (Lipinski definition) is 1. The number of rotatable bonds is 3. The number of piperidine rings is 1. The second kappa shape index (κ2) is 5.86. The molecule has 0 aliphatic carbocycles. The van der Waals surface area contributed by atoms with Crippen LogP contribution < -0.4 is 0 Å². The Hall–Kier alpha value is -2.51. The molecule has 112 valence electrons. The third-order valence-corrected chi connectivity index (χ3v) is 3.44. The Bertz CT molecular complexity index is 604. The number of amides is 1. The first-order chi connectivity index (χ1) is 9.90. The van der Waals surface area contributed by atoms with Crippen molar-refractivity contribution in [3.05, 3.63) is 39.7 Å². The molecule has 1 saturated heterocycles. The van der Waals surface area contributed by atoms with Gasteiger partial charge >= 0.3 is 5.97 Å². The van der Waals surface area contributed by atoms with E-state index in [0.717, 1.165) is 18.2 Å². The highest BCUT2D eigenvalue weighted by Crippen LogP contribution is 2.24. The van der Waals surface area contributed by atoms with E-state index in [1.54, 1.807) is 0 Å². The van der Waals surface area contributed by atoms with E-state index in [1.807, 2.05) is 0 Å². The molecule has 0 aromatic heterocycles. The maximum Gasteiger partial charge on any atom is 0.308 e. The zero-order valence-electron chi connectivity index (χ0n) is 11.0. The summed E-state index contributed by atoms with van der Waals surface area (Å²) in [5, 5.41) is 19.9. The second-order valence-corrected chi connectivity index (χ2v) is 4.85. The van der Waals surface area contributed by atoms with Crippen LogP contribution in [0.2, 0.25) is 0 Å². The summed E-state index contributed by atoms with van der Waals surface area (Å²) in [5.41, 5.74) is -0.843. The molecule has 1 heterocycles. The first kappa shape index (κ1) is 14.9. The van der Waals surface area contributed by atoms with Gasteiger partial charge in [0.05, 0.1) is 10.8 Å². The molecule has 1 atom stereocenters. The van der Waals surface area contributed by atoms with Crippen LogP contribution in [0, 0.1) is 21.8 Å². The molecule has 0 saturated carbocycles. The molecular formula is C13H13FN2O5. The number of halogens is 1. The van der Waals surface area contributed by atoms with Gasteiger partial charge in [0.25, 0.3) is 11.6 Å². The van der Waals surface area contributed by atoms with Gasteiger partial charge in [0, 0.05) is 19.2 Å². The Morgan fingerprint density at radius 3 is 2.76 bits per heavy atom. The van der Waals surface area contributed by atoms with Crippen molar-refractivity contribution in [2.75, 3.05) is 13.1 Å². The van der Waals surface area contributed by atoms with Gasteiger partial charge in [-0.15, -0.1) is 0 Å². The summed E-state index contributed by atoms with van der Waals surface area (Å²) in [4.78, 5) is 34.7. The number of nitrogens with zero attached hydrogens (tertiary/aromatic N) is 2. The predicted molar refractivity (Wildman–Crippen MR) is 69.3 cm³/mol. The fourth-order valence-corrected chi connectivity index (χ4v) is 2.37. The highest BCUT2D eigenvalue weighted by molar-refractivity contribution is 5.98. The van der Waals surface area contributed by atoms with Gasteiger partial charge in [-0.1, -0.05) is 0 Å². The summed E-state index contributed by atoms with van der Waals surface area (Å²) < 4.78 is 13.3. The van der Waals surface area contributed by atoms with Crippen LogP contribution in [0.3, 0.4) is 0 Å². The van der Waals surface area contributed by atoms with E-state index in [0.29, 0.717) is 19.4 Å². The van der Waals surface area contributed by atoms with Crippen LogP contribution in [0.25, 0.3) is 0 Å². The third kappa shape index (κ3) is 3.15. The van der Waals surface area contributed by atoms with Crippen molar-refractivity contribution in [1.82, 2.24) is 4.90 Å². The van der Waals surface area contributed by atoms with Crippen LogP contribution in [0.4, 0.5) is 10.1 Å². The van der Waals surface area contributed by atoms with Crippen molar-refractivity contribution in [2.45, 2.75) is 12.8 Å². The van der Waals surface area contributed by atoms with Gasteiger partial charge < -0.3 is 10.0 Å². The molecule has 1 aliphatic rings. The lowest BCUT2D eigenvalue weighted by Crippen LogP contribution is -2.42. The molecule has 0 spiro atoms. The molecule has 1 aromatic carbocycles. The molecule has 1 amide bonds. The first-order valence-electron chi connectivity index (χ1n) is 6.36. The van der Waals surface area contributed by atoms with Gasteiger partial charge in [0.2, 0.25) is 0 Å². The van der Waals surface area contributed by atoms with E-state index in [9.17, 15) is 24.1 Å². The summed E-state index contributed by atoms with van der Waals surface area (Å²) in [6.07, 6.45) is 0.941. The quantitative estimate of drug-likeness (QED) is 0.675. The Morgan fingerprint density at radius 1 is 1.43 bits per heavy atom. The van der Waals surface area contributed by atoms with Crippen LogP contribution in [0.1, 0.15) is 23.2 Å². The largest absolute Gasteiger partial charge is 0.481 e. The van der Waals surface area contributed by atoms with E-state index >= 15 is 0 Å². The van der Waals surface area contributed by atoms with Crippen molar-refractivity contribution in [2.24, 2.45) is 5.92 Å². The molecule has 1 fully saturated rings. The normalized spacial score (nSPS) is 18.3. The molecule has 1 aliphatic heterocycles. The van der Waals surface area contributed by atoms with E-state index in [4.69, 9.17) is 5.11 Å². The average Bonchev–Trinajstić information content (AvgIpc) is 2.46. The van der Waals surface area contributed by atoms with Gasteiger partial charge in [-0.2, -0.15) is 0 Å². The highest BCUT2D eigenvalue weighted by atomic mass is 19.1. The maximum atomic E-state index is 13.3. The minimum absolute atomic E-state index is 0.0260. The molecule has 8 heteroatoms. The molecule has 1 aromatic rings. The summed E-state index contributed by atoms with van der Waals surface area (Å²) in [5.74, 6) is -3.18. The fraction of sp³-hybridized carbons (Fsp3) is 0.385. The summed E-state index contributed by atoms with van der Waals surface area (Å²) in [6, 6.07) is 2.65. The van der Waals surface area contributed by atoms with Gasteiger partial charge in [0.1, 0.15) is 11.4 Å². The Morgan fingerprint density at radius 2 is 2.14 bits per heavy atom. The maximum absolute atomic E-state index is 13.3. The molecule has 0 radical (unpaired) electrons. The summed E-state index contributed by atoms with van der Waals surface area (Å²) in [6.45, 7) is 0.276. The number of nitro groups is 1. The lowest BCUT2D eigenvalue weighted by Gasteiger charge is -2.30. The number of carboxylic acids is 1. The predicted octanol–water partition coefficient (Wildman–Crippen LogP) is 1.67. The zero-order chi connectivity index (χ0) is 15.6. The van der Waals surface area contributed by atoms with E-state index < -0.39 is 34.2 Å². The lowest BCUT2D eigenvalue weighted by molar-refractivity contribution is -0.385. The Kier molecular flexibility index (Phi) is 4.15. The highest BCUT2D eigenvalue weighted by Gasteiger charge is 2.31. The number of carbonyl (C=O) groups excluding carboxylic acids is 1. The monoisotopic (exact) mass is 296 g/mol. The molecule has 1 unspecified atom stereocenters. The number of nitro benzene ring substituents is 1. The van der Waals surface area contributed by atoms with Gasteiger partial charge in [0.15, 0.2) is 0 Å². The summed E-state index contributed by atoms with van der Waals surface area (Å²) in [7, 11) is 0. The Labute approximate surface area is 119 Å². The van der Waals surface area contributed by atoms with Crippen molar-refractivity contribution in [1.29, 1.82) is 0 Å². The van der Waals surface area contributed by atoms with Crippen LogP contribution in [0.15, 0.2) is 18.2 Å². The number of carbonyl (C=O) groups is 2. The van der Waals surface area contributed by atoms with Crippen LogP contribution >= 0.6 is 0 Å². The van der Waals surface area contributed by atoms with Crippen molar-refractivity contribution in [3.63, 3.8) is 0 Å². The SMILES string of the molecule is O=C(O)C1CCCN(C(=O)c2cc(F)ccc2[N+](=O)[O-])C1. The van der Waals surface area contributed by atoms with Crippen LogP contribution in [-0.4, -0.2) is 39.9 Å². The topological polar surface area (TPSA) is 101 Å². The standard InChI is InChI=1S/C13H13FN2O5/c14-9-3-4-11(16(20)21)10(6-9)12(17)15-5-1-2-8(7-15)13(18)19/h3-4,6,8H,1-2,5,7H2,(H,18,19). The van der Waals surface area contributed by atoms with Crippen molar-refractivity contribution < 1.29 is 24.0 Å². The van der Waals surface area contributed by atoms with E-state index in [2.05, 4.69) is 0 Å². The van der Waals surface area contributed by atoms with E-state index in [1.165, 1.54) is 4.90 Å². The van der Waals surface area contributed by atoms with Crippen LogP contribution in [-0.2, 0) is 4.79 Å². The molecule has 1 N–H and O–H groups in total. The number of likely N-dealkylation sites (tertiary alicyclic amines) is 1. The molecule has 21 heavy (non-hydrogen) atoms. The fourth-order valence-electron chi connectivity index (χ4n) is 2.37. The second-order valence-electron chi connectivity index (χ2n) is 4.85. The minimum Gasteiger partial charge on any atom is -0.481 e. The number of hydrogen-bond acceptors (Lipinski definition) is 4. The molecular weight excluding hydrogens is 283 g/mol. The first-order valence-corrected chi connectivity index (χ1v) is 6.36. The summed E-state index contributed by atoms with van der Waals surface area (Å²) >= 11 is 0.